The van der Waals surface area contributed by atoms with Crippen molar-refractivity contribution in [2.24, 2.45) is 5.10 Å². The molecule has 1 amide bonds. The predicted molar refractivity (Wildman–Crippen MR) is 70.4 cm³/mol. The van der Waals surface area contributed by atoms with Crippen LogP contribution in [0.15, 0.2) is 59.8 Å². The largest absolute Gasteiger partial charge is 0.289 e. The van der Waals surface area contributed by atoms with Crippen molar-refractivity contribution in [2.45, 2.75) is 6.92 Å². The third-order valence-corrected chi connectivity index (χ3v) is 2.41. The maximum Gasteiger partial charge on any atom is 0.289 e. The van der Waals surface area contributed by atoms with Crippen LogP contribution in [0.25, 0.3) is 0 Å². The minimum atomic E-state index is -0.314. The lowest BCUT2D eigenvalue weighted by Gasteiger charge is -2.02. The van der Waals surface area contributed by atoms with Gasteiger partial charge in [-0.3, -0.25) is 9.78 Å². The maximum absolute atomic E-state index is 11.7. The molecule has 0 aliphatic carbocycles. The molecule has 0 saturated heterocycles. The van der Waals surface area contributed by atoms with Crippen LogP contribution in [0.1, 0.15) is 23.0 Å². The molecule has 1 N–H and O–H groups in total. The van der Waals surface area contributed by atoms with Crippen LogP contribution in [0.5, 0.6) is 0 Å². The molecule has 4 heteroatoms. The third-order valence-electron chi connectivity index (χ3n) is 2.41. The highest BCUT2D eigenvalue weighted by atomic mass is 16.2. The van der Waals surface area contributed by atoms with Crippen molar-refractivity contribution >= 4 is 11.6 Å². The minimum Gasteiger partial charge on any atom is -0.266 e. The second kappa shape index (κ2) is 5.72. The van der Waals surface area contributed by atoms with Crippen LogP contribution in [0.3, 0.4) is 0 Å². The molecule has 18 heavy (non-hydrogen) atoms. The number of aromatic nitrogens is 1. The quantitative estimate of drug-likeness (QED) is 0.659. The van der Waals surface area contributed by atoms with E-state index in [1.54, 1.807) is 24.4 Å². The molecule has 0 saturated carbocycles. The molecule has 0 atom stereocenters. The van der Waals surface area contributed by atoms with Gasteiger partial charge in [0.2, 0.25) is 0 Å². The number of nitrogens with zero attached hydrogens (tertiary/aromatic N) is 2. The second-order valence-corrected chi connectivity index (χ2v) is 3.72. The smallest absolute Gasteiger partial charge is 0.266 e. The van der Waals surface area contributed by atoms with Crippen LogP contribution in [-0.2, 0) is 0 Å². The Hall–Kier alpha value is -2.49. The monoisotopic (exact) mass is 239 g/mol. The van der Waals surface area contributed by atoms with E-state index in [9.17, 15) is 4.79 Å². The van der Waals surface area contributed by atoms with Gasteiger partial charge in [-0.15, -0.1) is 0 Å². The summed E-state index contributed by atoms with van der Waals surface area (Å²) in [5.74, 6) is -0.314. The Bertz CT molecular complexity index is 550. The standard InChI is InChI=1S/C14H13N3O/c1-11(12-7-3-2-4-8-12)16-17-14(18)13-9-5-6-10-15-13/h2-10H,1H3,(H,17,18). The van der Waals surface area contributed by atoms with E-state index >= 15 is 0 Å². The Morgan fingerprint density at radius 3 is 2.50 bits per heavy atom. The first-order valence-corrected chi connectivity index (χ1v) is 5.58. The Morgan fingerprint density at radius 1 is 1.11 bits per heavy atom. The zero-order valence-corrected chi connectivity index (χ0v) is 10.00. The predicted octanol–water partition coefficient (Wildman–Crippen LogP) is 2.24. The molecular weight excluding hydrogens is 226 g/mol. The molecule has 0 aliphatic rings. The number of pyridine rings is 1. The summed E-state index contributed by atoms with van der Waals surface area (Å²) in [6.45, 7) is 1.84. The zero-order chi connectivity index (χ0) is 12.8. The van der Waals surface area contributed by atoms with E-state index < -0.39 is 0 Å². The average molecular weight is 239 g/mol. The summed E-state index contributed by atoms with van der Waals surface area (Å²) in [4.78, 5) is 15.6. The molecule has 0 aliphatic heterocycles. The topological polar surface area (TPSA) is 54.4 Å². The van der Waals surface area contributed by atoms with Crippen molar-refractivity contribution in [2.75, 3.05) is 0 Å². The van der Waals surface area contributed by atoms with Gasteiger partial charge in [0.25, 0.3) is 5.91 Å². The maximum atomic E-state index is 11.7. The highest BCUT2D eigenvalue weighted by Gasteiger charge is 2.04. The molecule has 90 valence electrons. The van der Waals surface area contributed by atoms with Crippen molar-refractivity contribution < 1.29 is 4.79 Å². The first-order valence-electron chi connectivity index (χ1n) is 5.58. The van der Waals surface area contributed by atoms with E-state index in [0.29, 0.717) is 5.69 Å². The first kappa shape index (κ1) is 12.0. The number of carbonyl (C=O) groups excluding carboxylic acids is 1. The number of hydrogen-bond acceptors (Lipinski definition) is 3. The summed E-state index contributed by atoms with van der Waals surface area (Å²) < 4.78 is 0. The zero-order valence-electron chi connectivity index (χ0n) is 10.00. The van der Waals surface area contributed by atoms with E-state index in [2.05, 4.69) is 15.5 Å². The summed E-state index contributed by atoms with van der Waals surface area (Å²) >= 11 is 0. The van der Waals surface area contributed by atoms with Gasteiger partial charge in [0.15, 0.2) is 0 Å². The Kier molecular flexibility index (Phi) is 3.81. The van der Waals surface area contributed by atoms with Crippen LogP contribution >= 0.6 is 0 Å². The molecule has 2 aromatic rings. The fraction of sp³-hybridized carbons (Fsp3) is 0.0714. The molecule has 0 bridgehead atoms. The molecule has 1 aromatic heterocycles. The van der Waals surface area contributed by atoms with Crippen LogP contribution in [0.2, 0.25) is 0 Å². The van der Waals surface area contributed by atoms with Crippen molar-refractivity contribution in [1.82, 2.24) is 10.4 Å². The fourth-order valence-corrected chi connectivity index (χ4v) is 1.43. The van der Waals surface area contributed by atoms with E-state index in [1.807, 2.05) is 37.3 Å². The van der Waals surface area contributed by atoms with E-state index in [4.69, 9.17) is 0 Å². The molecule has 0 spiro atoms. The van der Waals surface area contributed by atoms with Crippen LogP contribution in [0.4, 0.5) is 0 Å². The van der Waals surface area contributed by atoms with Crippen LogP contribution in [-0.4, -0.2) is 16.6 Å². The average Bonchev–Trinajstić information content (AvgIpc) is 2.46. The first-order chi connectivity index (χ1) is 8.77. The van der Waals surface area contributed by atoms with Gasteiger partial charge in [-0.25, -0.2) is 5.43 Å². The Morgan fingerprint density at radius 2 is 1.83 bits per heavy atom. The minimum absolute atomic E-state index is 0.314. The Labute approximate surface area is 105 Å². The molecule has 1 heterocycles. The molecule has 1 aromatic carbocycles. The van der Waals surface area contributed by atoms with Crippen molar-refractivity contribution in [3.8, 4) is 0 Å². The van der Waals surface area contributed by atoms with Crippen molar-refractivity contribution in [3.63, 3.8) is 0 Å². The molecule has 0 fully saturated rings. The third kappa shape index (κ3) is 3.01. The van der Waals surface area contributed by atoms with Gasteiger partial charge in [-0.05, 0) is 24.6 Å². The van der Waals surface area contributed by atoms with E-state index in [1.165, 1.54) is 0 Å². The van der Waals surface area contributed by atoms with Gasteiger partial charge >= 0.3 is 0 Å². The number of nitrogens with one attached hydrogen (secondary N) is 1. The molecule has 2 rings (SSSR count). The van der Waals surface area contributed by atoms with Crippen LogP contribution in [0, 0.1) is 0 Å². The van der Waals surface area contributed by atoms with Gasteiger partial charge < -0.3 is 0 Å². The summed E-state index contributed by atoms with van der Waals surface area (Å²) in [7, 11) is 0. The van der Waals surface area contributed by atoms with E-state index in [-0.39, 0.29) is 5.91 Å². The van der Waals surface area contributed by atoms with Crippen LogP contribution < -0.4 is 5.43 Å². The number of rotatable bonds is 3. The van der Waals surface area contributed by atoms with Gasteiger partial charge in [0.1, 0.15) is 5.69 Å². The number of hydrazone groups is 1. The van der Waals surface area contributed by atoms with Crippen molar-refractivity contribution in [1.29, 1.82) is 0 Å². The van der Waals surface area contributed by atoms with Gasteiger partial charge in [0.05, 0.1) is 5.71 Å². The SMILES string of the molecule is CC(=NNC(=O)c1ccccn1)c1ccccc1. The number of amides is 1. The lowest BCUT2D eigenvalue weighted by molar-refractivity contribution is 0.0950. The van der Waals surface area contributed by atoms with Gasteiger partial charge in [0, 0.05) is 6.20 Å². The molecular formula is C14H13N3O. The fourth-order valence-electron chi connectivity index (χ4n) is 1.43. The number of carbonyl (C=O) groups is 1. The second-order valence-electron chi connectivity index (χ2n) is 3.72. The summed E-state index contributed by atoms with van der Waals surface area (Å²) in [5, 5.41) is 4.05. The van der Waals surface area contributed by atoms with E-state index in [0.717, 1.165) is 11.3 Å². The molecule has 4 nitrogen and oxygen atoms in total. The molecule has 0 unspecified atom stereocenters. The number of benzene rings is 1. The molecule has 0 radical (unpaired) electrons. The lowest BCUT2D eigenvalue weighted by Crippen LogP contribution is -2.20. The number of hydrogen-bond donors (Lipinski definition) is 1. The summed E-state index contributed by atoms with van der Waals surface area (Å²) in [6.07, 6.45) is 1.57. The summed E-state index contributed by atoms with van der Waals surface area (Å²) in [6, 6.07) is 14.8. The van der Waals surface area contributed by atoms with Crippen molar-refractivity contribution in [3.05, 3.63) is 66.0 Å². The highest BCUT2D eigenvalue weighted by molar-refractivity contribution is 6.00. The normalized spacial score (nSPS) is 11.1. The lowest BCUT2D eigenvalue weighted by atomic mass is 10.1. The Balaban J connectivity index is 2.05. The highest BCUT2D eigenvalue weighted by Crippen LogP contribution is 2.00. The van der Waals surface area contributed by atoms with Gasteiger partial charge in [-0.1, -0.05) is 36.4 Å². The summed E-state index contributed by atoms with van der Waals surface area (Å²) in [5.41, 5.74) is 4.55. The van der Waals surface area contributed by atoms with Gasteiger partial charge in [-0.2, -0.15) is 5.10 Å².